The topological polar surface area (TPSA) is 23.5 Å². The number of fused-ring (bicyclic) bond motifs is 2. The number of hydrogen-bond acceptors (Lipinski definition) is 2. The number of hydrogen-bond donors (Lipinski definition) is 1. The Balaban J connectivity index is 1.80. The molecule has 94 valence electrons. The van der Waals surface area contributed by atoms with E-state index in [0.29, 0.717) is 12.5 Å². The van der Waals surface area contributed by atoms with Crippen molar-refractivity contribution in [2.45, 2.75) is 32.1 Å². The first kappa shape index (κ1) is 12.2. The minimum Gasteiger partial charge on any atom is -0.395 e. The summed E-state index contributed by atoms with van der Waals surface area (Å²) in [5.41, 5.74) is 0. The molecule has 2 rings (SSSR count). The van der Waals surface area contributed by atoms with Crippen LogP contribution in [0.3, 0.4) is 0 Å². The van der Waals surface area contributed by atoms with E-state index in [1.165, 1.54) is 25.7 Å². The summed E-state index contributed by atoms with van der Waals surface area (Å²) in [7, 11) is 0. The number of nitrogens with zero attached hydrogens (tertiary/aromatic N) is 1. The summed E-state index contributed by atoms with van der Waals surface area (Å²) in [6.45, 7) is 0.937. The lowest BCUT2D eigenvalue weighted by molar-refractivity contribution is 0.0638. The Morgan fingerprint density at radius 2 is 2.06 bits per heavy atom. The largest absolute Gasteiger partial charge is 0.395 e. The van der Waals surface area contributed by atoms with Gasteiger partial charge in [-0.15, -0.1) is 0 Å². The Kier molecular flexibility index (Phi) is 4.14. The first-order chi connectivity index (χ1) is 7.69. The van der Waals surface area contributed by atoms with Gasteiger partial charge in [0, 0.05) is 13.1 Å². The van der Waals surface area contributed by atoms with E-state index in [1.807, 2.05) is 0 Å². The third kappa shape index (κ3) is 2.92. The number of alkyl halides is 2. The highest BCUT2D eigenvalue weighted by atomic mass is 19.3. The van der Waals surface area contributed by atoms with Crippen LogP contribution in [-0.4, -0.2) is 42.7 Å². The molecule has 0 aromatic rings. The average Bonchev–Trinajstić information content (AvgIpc) is 2.78. The average molecular weight is 233 g/mol. The number of halogens is 2. The fourth-order valence-electron chi connectivity index (χ4n) is 3.53. The van der Waals surface area contributed by atoms with E-state index in [1.54, 1.807) is 4.90 Å². The fourth-order valence-corrected chi connectivity index (χ4v) is 3.53. The Labute approximate surface area is 95.6 Å². The predicted octanol–water partition coefficient (Wildman–Crippen LogP) is 1.98. The molecule has 2 aliphatic rings. The molecule has 16 heavy (non-hydrogen) atoms. The Bertz CT molecular complexity index is 225. The molecule has 0 aromatic heterocycles. The van der Waals surface area contributed by atoms with Crippen LogP contribution in [0.1, 0.15) is 25.7 Å². The van der Waals surface area contributed by atoms with Gasteiger partial charge in [-0.3, -0.25) is 4.90 Å². The normalized spacial score (nSPS) is 33.2. The molecule has 0 amide bonds. The summed E-state index contributed by atoms with van der Waals surface area (Å²) >= 11 is 0. The number of aliphatic hydroxyl groups is 1. The van der Waals surface area contributed by atoms with Crippen molar-refractivity contribution in [3.63, 3.8) is 0 Å². The SMILES string of the molecule is OCCN(CC(F)F)CC1CC2CCC1C2. The standard InChI is InChI=1S/C12H21F2NO/c13-12(14)8-15(3-4-16)7-11-6-9-1-2-10(11)5-9/h9-12,16H,1-8H2. The van der Waals surface area contributed by atoms with Crippen LogP contribution in [0, 0.1) is 17.8 Å². The molecule has 0 saturated heterocycles. The lowest BCUT2D eigenvalue weighted by Crippen LogP contribution is -2.37. The first-order valence-electron chi connectivity index (χ1n) is 6.30. The number of aliphatic hydroxyl groups excluding tert-OH is 1. The summed E-state index contributed by atoms with van der Waals surface area (Å²) in [6.07, 6.45) is 2.87. The van der Waals surface area contributed by atoms with Gasteiger partial charge in [-0.25, -0.2) is 8.78 Å². The molecule has 0 heterocycles. The molecule has 2 fully saturated rings. The van der Waals surface area contributed by atoms with E-state index in [9.17, 15) is 8.78 Å². The third-order valence-electron chi connectivity index (χ3n) is 4.19. The summed E-state index contributed by atoms with van der Waals surface area (Å²) in [6, 6.07) is 0. The van der Waals surface area contributed by atoms with Crippen LogP contribution in [-0.2, 0) is 0 Å². The van der Waals surface area contributed by atoms with E-state index in [4.69, 9.17) is 5.11 Å². The molecular formula is C12H21F2NO. The van der Waals surface area contributed by atoms with Gasteiger partial charge in [0.15, 0.2) is 0 Å². The van der Waals surface area contributed by atoms with Gasteiger partial charge < -0.3 is 5.11 Å². The molecule has 4 heteroatoms. The van der Waals surface area contributed by atoms with Gasteiger partial charge in [0.25, 0.3) is 6.43 Å². The van der Waals surface area contributed by atoms with Crippen molar-refractivity contribution in [1.29, 1.82) is 0 Å². The molecule has 3 atom stereocenters. The van der Waals surface area contributed by atoms with Crippen LogP contribution in [0.15, 0.2) is 0 Å². The molecule has 2 bridgehead atoms. The monoisotopic (exact) mass is 233 g/mol. The second kappa shape index (κ2) is 5.41. The molecule has 2 aliphatic carbocycles. The van der Waals surface area contributed by atoms with Gasteiger partial charge in [-0.2, -0.15) is 0 Å². The molecular weight excluding hydrogens is 212 g/mol. The molecule has 0 radical (unpaired) electrons. The van der Waals surface area contributed by atoms with Crippen molar-refractivity contribution in [2.75, 3.05) is 26.2 Å². The summed E-state index contributed by atoms with van der Waals surface area (Å²) < 4.78 is 24.7. The van der Waals surface area contributed by atoms with Crippen molar-refractivity contribution < 1.29 is 13.9 Å². The fraction of sp³-hybridized carbons (Fsp3) is 1.00. The lowest BCUT2D eigenvalue weighted by atomic mass is 9.88. The van der Waals surface area contributed by atoms with Gasteiger partial charge in [-0.05, 0) is 37.0 Å². The van der Waals surface area contributed by atoms with Crippen LogP contribution >= 0.6 is 0 Å². The van der Waals surface area contributed by atoms with Gasteiger partial charge in [-0.1, -0.05) is 6.42 Å². The van der Waals surface area contributed by atoms with Gasteiger partial charge >= 0.3 is 0 Å². The summed E-state index contributed by atoms with van der Waals surface area (Å²) in [5.74, 6) is 2.23. The maximum absolute atomic E-state index is 12.3. The smallest absolute Gasteiger partial charge is 0.251 e. The second-order valence-corrected chi connectivity index (χ2v) is 5.31. The van der Waals surface area contributed by atoms with Crippen LogP contribution < -0.4 is 0 Å². The molecule has 0 spiro atoms. The van der Waals surface area contributed by atoms with E-state index in [0.717, 1.165) is 18.4 Å². The minimum absolute atomic E-state index is 0.0203. The van der Waals surface area contributed by atoms with E-state index >= 15 is 0 Å². The van der Waals surface area contributed by atoms with Crippen LogP contribution in [0.25, 0.3) is 0 Å². The zero-order valence-corrected chi connectivity index (χ0v) is 9.62. The maximum Gasteiger partial charge on any atom is 0.251 e. The van der Waals surface area contributed by atoms with Crippen LogP contribution in [0.5, 0.6) is 0 Å². The van der Waals surface area contributed by atoms with E-state index in [-0.39, 0.29) is 13.2 Å². The van der Waals surface area contributed by atoms with Crippen molar-refractivity contribution in [2.24, 2.45) is 17.8 Å². The number of rotatable bonds is 6. The highest BCUT2D eigenvalue weighted by molar-refractivity contribution is 4.91. The van der Waals surface area contributed by atoms with E-state index < -0.39 is 6.43 Å². The quantitative estimate of drug-likeness (QED) is 0.758. The molecule has 2 nitrogen and oxygen atoms in total. The summed E-state index contributed by atoms with van der Waals surface area (Å²) in [4.78, 5) is 1.73. The Morgan fingerprint density at radius 3 is 2.56 bits per heavy atom. The zero-order valence-electron chi connectivity index (χ0n) is 9.62. The molecule has 2 saturated carbocycles. The molecule has 0 aliphatic heterocycles. The van der Waals surface area contributed by atoms with Crippen LogP contribution in [0.4, 0.5) is 8.78 Å². The lowest BCUT2D eigenvalue weighted by Gasteiger charge is -2.29. The molecule has 3 unspecified atom stereocenters. The highest BCUT2D eigenvalue weighted by Gasteiger charge is 2.39. The summed E-state index contributed by atoms with van der Waals surface area (Å²) in [5, 5.41) is 8.87. The maximum atomic E-state index is 12.3. The van der Waals surface area contributed by atoms with Gasteiger partial charge in [0.1, 0.15) is 0 Å². The van der Waals surface area contributed by atoms with Crippen molar-refractivity contribution >= 4 is 0 Å². The van der Waals surface area contributed by atoms with Gasteiger partial charge in [0.2, 0.25) is 0 Å². The predicted molar refractivity (Wildman–Crippen MR) is 58.5 cm³/mol. The van der Waals surface area contributed by atoms with Crippen molar-refractivity contribution in [1.82, 2.24) is 4.90 Å². The minimum atomic E-state index is -2.29. The van der Waals surface area contributed by atoms with Crippen molar-refractivity contribution in [3.8, 4) is 0 Å². The van der Waals surface area contributed by atoms with Crippen LogP contribution in [0.2, 0.25) is 0 Å². The van der Waals surface area contributed by atoms with E-state index in [2.05, 4.69) is 0 Å². The Hall–Kier alpha value is -0.220. The molecule has 0 aromatic carbocycles. The molecule has 1 N–H and O–H groups in total. The Morgan fingerprint density at radius 1 is 1.25 bits per heavy atom. The van der Waals surface area contributed by atoms with Crippen molar-refractivity contribution in [3.05, 3.63) is 0 Å². The third-order valence-corrected chi connectivity index (χ3v) is 4.19. The highest BCUT2D eigenvalue weighted by Crippen LogP contribution is 2.48. The first-order valence-corrected chi connectivity index (χ1v) is 6.30. The zero-order chi connectivity index (χ0) is 11.5. The van der Waals surface area contributed by atoms with Gasteiger partial charge in [0.05, 0.1) is 13.2 Å². The second-order valence-electron chi connectivity index (χ2n) is 5.31.